The zero-order valence-electron chi connectivity index (χ0n) is 13.8. The van der Waals surface area contributed by atoms with Gasteiger partial charge in [-0.3, -0.25) is 14.6 Å². The molecule has 2 aliphatic rings. The molecule has 2 atom stereocenters. The van der Waals surface area contributed by atoms with Crippen LogP contribution in [0.1, 0.15) is 43.2 Å². The van der Waals surface area contributed by atoms with Crippen LogP contribution in [0.4, 0.5) is 0 Å². The molecule has 0 amide bonds. The molecule has 0 spiro atoms. The Kier molecular flexibility index (Phi) is 4.16. The van der Waals surface area contributed by atoms with E-state index in [1.807, 2.05) is 38.1 Å². The topological polar surface area (TPSA) is 55.7 Å². The van der Waals surface area contributed by atoms with Crippen LogP contribution in [0.3, 0.4) is 0 Å². The number of carbonyl (C=O) groups is 2. The second-order valence-corrected chi connectivity index (χ2v) is 6.23. The van der Waals surface area contributed by atoms with Gasteiger partial charge in [-0.05, 0) is 37.8 Å². The van der Waals surface area contributed by atoms with Crippen molar-refractivity contribution in [3.05, 3.63) is 46.7 Å². The standard InChI is InChI=1S/C19H21NO3/c1-11-7-4-5-8-13(11)17-16(19(22)23-3)12(2)20-14-9-6-10-15(21)18(14)17/h4-5,7-8,16-17H,6,9-10H2,1-3H3/t16-,17-/m1/s1. The quantitative estimate of drug-likeness (QED) is 0.787. The summed E-state index contributed by atoms with van der Waals surface area (Å²) in [5.41, 5.74) is 4.39. The van der Waals surface area contributed by atoms with Crippen molar-refractivity contribution in [1.82, 2.24) is 0 Å². The number of allylic oxidation sites excluding steroid dienone is 2. The zero-order valence-corrected chi connectivity index (χ0v) is 13.8. The van der Waals surface area contributed by atoms with E-state index >= 15 is 0 Å². The monoisotopic (exact) mass is 311 g/mol. The third-order valence-corrected chi connectivity index (χ3v) is 4.81. The van der Waals surface area contributed by atoms with Gasteiger partial charge in [-0.15, -0.1) is 0 Å². The maximum atomic E-state index is 12.6. The van der Waals surface area contributed by atoms with Crippen molar-refractivity contribution in [2.24, 2.45) is 10.9 Å². The molecule has 0 N–H and O–H groups in total. The number of carbonyl (C=O) groups excluding carboxylic acids is 2. The lowest BCUT2D eigenvalue weighted by molar-refractivity contribution is -0.143. The number of ether oxygens (including phenoxy) is 1. The second kappa shape index (κ2) is 6.11. The molecule has 0 fully saturated rings. The van der Waals surface area contributed by atoms with E-state index in [1.54, 1.807) is 0 Å². The fourth-order valence-corrected chi connectivity index (χ4v) is 3.71. The van der Waals surface area contributed by atoms with Crippen molar-refractivity contribution in [3.8, 4) is 0 Å². The molecule has 1 aromatic rings. The van der Waals surface area contributed by atoms with E-state index in [2.05, 4.69) is 4.99 Å². The highest BCUT2D eigenvalue weighted by atomic mass is 16.5. The molecule has 4 heteroatoms. The first-order valence-electron chi connectivity index (χ1n) is 7.99. The summed E-state index contributed by atoms with van der Waals surface area (Å²) in [6, 6.07) is 7.93. The molecule has 0 unspecified atom stereocenters. The number of nitrogens with zero attached hydrogens (tertiary/aromatic N) is 1. The van der Waals surface area contributed by atoms with Gasteiger partial charge in [0.05, 0.1) is 7.11 Å². The summed E-state index contributed by atoms with van der Waals surface area (Å²) in [7, 11) is 1.39. The Morgan fingerprint density at radius 1 is 1.22 bits per heavy atom. The van der Waals surface area contributed by atoms with Crippen LogP contribution < -0.4 is 0 Å². The van der Waals surface area contributed by atoms with E-state index in [-0.39, 0.29) is 17.7 Å². The lowest BCUT2D eigenvalue weighted by Gasteiger charge is -2.34. The Hall–Kier alpha value is -2.23. The molecular weight excluding hydrogens is 290 g/mol. The molecule has 4 nitrogen and oxygen atoms in total. The van der Waals surface area contributed by atoms with Crippen molar-refractivity contribution in [3.63, 3.8) is 0 Å². The molecule has 1 aliphatic carbocycles. The SMILES string of the molecule is COC(=O)[C@@H]1C(C)=NC2=C(C(=O)CCC2)[C@@H]1c1ccccc1C. The van der Waals surface area contributed by atoms with Gasteiger partial charge in [-0.2, -0.15) is 0 Å². The van der Waals surface area contributed by atoms with Crippen molar-refractivity contribution < 1.29 is 14.3 Å². The lowest BCUT2D eigenvalue weighted by atomic mass is 9.71. The van der Waals surface area contributed by atoms with Gasteiger partial charge in [0.2, 0.25) is 0 Å². The minimum atomic E-state index is -0.526. The number of hydrogen-bond acceptors (Lipinski definition) is 4. The molecule has 0 saturated heterocycles. The van der Waals surface area contributed by atoms with Crippen molar-refractivity contribution in [1.29, 1.82) is 0 Å². The summed E-state index contributed by atoms with van der Waals surface area (Å²) in [6.45, 7) is 3.87. The highest BCUT2D eigenvalue weighted by Gasteiger charge is 2.43. The lowest BCUT2D eigenvalue weighted by Crippen LogP contribution is -2.37. The summed E-state index contributed by atoms with van der Waals surface area (Å²) >= 11 is 0. The average Bonchev–Trinajstić information content (AvgIpc) is 2.54. The summed E-state index contributed by atoms with van der Waals surface area (Å²) in [5.74, 6) is -1.03. The number of aryl methyl sites for hydroxylation is 1. The number of ketones is 1. The highest BCUT2D eigenvalue weighted by molar-refractivity contribution is 6.08. The van der Waals surface area contributed by atoms with Gasteiger partial charge in [0, 0.05) is 29.3 Å². The van der Waals surface area contributed by atoms with Crippen LogP contribution in [0.15, 0.2) is 40.5 Å². The molecule has 3 rings (SSSR count). The van der Waals surface area contributed by atoms with Crippen molar-refractivity contribution >= 4 is 17.5 Å². The van der Waals surface area contributed by atoms with Gasteiger partial charge in [-0.1, -0.05) is 24.3 Å². The average molecular weight is 311 g/mol. The Morgan fingerprint density at radius 3 is 2.65 bits per heavy atom. The first-order valence-corrected chi connectivity index (χ1v) is 7.99. The number of methoxy groups -OCH3 is 1. The summed E-state index contributed by atoms with van der Waals surface area (Å²) < 4.78 is 5.01. The number of rotatable bonds is 2. The Morgan fingerprint density at radius 2 is 1.96 bits per heavy atom. The van der Waals surface area contributed by atoms with E-state index in [0.29, 0.717) is 12.0 Å². The van der Waals surface area contributed by atoms with Gasteiger partial charge >= 0.3 is 5.97 Å². The fraction of sp³-hybridized carbons (Fsp3) is 0.421. The van der Waals surface area contributed by atoms with Gasteiger partial charge in [-0.25, -0.2) is 0 Å². The predicted octanol–water partition coefficient (Wildman–Crippen LogP) is 3.35. The van der Waals surface area contributed by atoms with Crippen LogP contribution in [-0.2, 0) is 14.3 Å². The summed E-state index contributed by atoms with van der Waals surface area (Å²) in [4.78, 5) is 29.6. The first-order chi connectivity index (χ1) is 11.0. The molecule has 0 saturated carbocycles. The Labute approximate surface area is 136 Å². The smallest absolute Gasteiger partial charge is 0.315 e. The van der Waals surface area contributed by atoms with Gasteiger partial charge < -0.3 is 4.74 Å². The van der Waals surface area contributed by atoms with Crippen molar-refractivity contribution in [2.45, 2.75) is 39.0 Å². The van der Waals surface area contributed by atoms with E-state index in [0.717, 1.165) is 35.4 Å². The van der Waals surface area contributed by atoms with E-state index in [9.17, 15) is 9.59 Å². The second-order valence-electron chi connectivity index (χ2n) is 6.23. The van der Waals surface area contributed by atoms with E-state index < -0.39 is 5.92 Å². The predicted molar refractivity (Wildman–Crippen MR) is 88.4 cm³/mol. The third kappa shape index (κ3) is 2.62. The maximum Gasteiger partial charge on any atom is 0.315 e. The molecule has 0 aromatic heterocycles. The third-order valence-electron chi connectivity index (χ3n) is 4.81. The minimum Gasteiger partial charge on any atom is -0.468 e. The number of esters is 1. The zero-order chi connectivity index (χ0) is 16.6. The highest BCUT2D eigenvalue weighted by Crippen LogP contribution is 2.44. The molecule has 120 valence electrons. The van der Waals surface area contributed by atoms with Gasteiger partial charge in [0.15, 0.2) is 5.78 Å². The number of aliphatic imine (C=N–C) groups is 1. The molecule has 23 heavy (non-hydrogen) atoms. The normalized spacial score (nSPS) is 24.1. The van der Waals surface area contributed by atoms with Crippen LogP contribution in [-0.4, -0.2) is 24.6 Å². The molecular formula is C19H21NO3. The summed E-state index contributed by atoms with van der Waals surface area (Å²) in [5, 5.41) is 0. The van der Waals surface area contributed by atoms with Gasteiger partial charge in [0.25, 0.3) is 0 Å². The molecule has 0 bridgehead atoms. The fourth-order valence-electron chi connectivity index (χ4n) is 3.71. The molecule has 1 aliphatic heterocycles. The van der Waals surface area contributed by atoms with Crippen molar-refractivity contribution in [2.75, 3.05) is 7.11 Å². The molecule has 1 heterocycles. The van der Waals surface area contributed by atoms with E-state index in [1.165, 1.54) is 7.11 Å². The molecule has 0 radical (unpaired) electrons. The van der Waals surface area contributed by atoms with Gasteiger partial charge in [0.1, 0.15) is 5.92 Å². The minimum absolute atomic E-state index is 0.115. The number of Topliss-reactive ketones (excluding diaryl/α,β-unsaturated/α-hetero) is 1. The first kappa shape index (κ1) is 15.7. The number of benzene rings is 1. The largest absolute Gasteiger partial charge is 0.468 e. The number of hydrogen-bond donors (Lipinski definition) is 0. The summed E-state index contributed by atoms with van der Waals surface area (Å²) in [6.07, 6.45) is 2.16. The van der Waals surface area contributed by atoms with Crippen LogP contribution in [0.5, 0.6) is 0 Å². The van der Waals surface area contributed by atoms with Crippen LogP contribution in [0.2, 0.25) is 0 Å². The molecule has 1 aromatic carbocycles. The van der Waals surface area contributed by atoms with E-state index in [4.69, 9.17) is 4.74 Å². The Bertz CT molecular complexity index is 730. The van der Waals surface area contributed by atoms with Crippen LogP contribution in [0, 0.1) is 12.8 Å². The van der Waals surface area contributed by atoms with Crippen LogP contribution in [0.25, 0.3) is 0 Å². The van der Waals surface area contributed by atoms with Crippen LogP contribution >= 0.6 is 0 Å². The maximum absolute atomic E-state index is 12.6. The Balaban J connectivity index is 2.22.